The van der Waals surface area contributed by atoms with Gasteiger partial charge in [-0.05, 0) is 38.5 Å². The molecule has 0 aromatic rings. The lowest BCUT2D eigenvalue weighted by Gasteiger charge is -2.36. The van der Waals surface area contributed by atoms with Gasteiger partial charge in [-0.1, -0.05) is 19.3 Å². The molecule has 0 bridgehead atoms. The van der Waals surface area contributed by atoms with E-state index >= 15 is 0 Å². The van der Waals surface area contributed by atoms with Crippen molar-refractivity contribution >= 4 is 18.3 Å². The van der Waals surface area contributed by atoms with Crippen LogP contribution in [0.5, 0.6) is 0 Å². The lowest BCUT2D eigenvalue weighted by molar-refractivity contribution is -0.182. The van der Waals surface area contributed by atoms with E-state index in [-0.39, 0.29) is 37.2 Å². The van der Waals surface area contributed by atoms with Crippen molar-refractivity contribution in [2.75, 3.05) is 0 Å². The van der Waals surface area contributed by atoms with Gasteiger partial charge < -0.3 is 11.1 Å². The molecule has 3 N–H and O–H groups in total. The zero-order chi connectivity index (χ0) is 14.8. The van der Waals surface area contributed by atoms with Crippen LogP contribution in [0.25, 0.3) is 0 Å². The summed E-state index contributed by atoms with van der Waals surface area (Å²) in [6.45, 7) is 0. The van der Waals surface area contributed by atoms with Gasteiger partial charge in [0.2, 0.25) is 5.91 Å². The Morgan fingerprint density at radius 1 is 1.05 bits per heavy atom. The third-order valence-electron chi connectivity index (χ3n) is 4.72. The molecule has 0 radical (unpaired) electrons. The highest BCUT2D eigenvalue weighted by atomic mass is 35.5. The van der Waals surface area contributed by atoms with E-state index in [4.69, 9.17) is 5.73 Å². The summed E-state index contributed by atoms with van der Waals surface area (Å²) in [6, 6.07) is -0.150. The molecule has 3 nitrogen and oxygen atoms in total. The number of carbonyl (C=O) groups is 1. The van der Waals surface area contributed by atoms with E-state index in [0.717, 1.165) is 19.3 Å². The van der Waals surface area contributed by atoms with Crippen LogP contribution >= 0.6 is 12.4 Å². The van der Waals surface area contributed by atoms with Crippen molar-refractivity contribution in [3.63, 3.8) is 0 Å². The molecule has 2 saturated carbocycles. The topological polar surface area (TPSA) is 55.1 Å². The zero-order valence-corrected chi connectivity index (χ0v) is 12.9. The third kappa shape index (κ3) is 4.74. The Balaban J connectivity index is 0.00000220. The molecule has 7 heteroatoms. The van der Waals surface area contributed by atoms with Crippen LogP contribution in [0.2, 0.25) is 0 Å². The Kier molecular flexibility index (Phi) is 6.35. The van der Waals surface area contributed by atoms with Gasteiger partial charge in [0.15, 0.2) is 0 Å². The Morgan fingerprint density at radius 2 is 1.57 bits per heavy atom. The van der Waals surface area contributed by atoms with Gasteiger partial charge in [-0.3, -0.25) is 4.79 Å². The summed E-state index contributed by atoms with van der Waals surface area (Å²) < 4.78 is 37.7. The largest absolute Gasteiger partial charge is 0.391 e. The SMILES string of the molecule is Cl.NC1(C(=O)NC2CCC(C(F)(F)F)CC2)CCCCC1. The van der Waals surface area contributed by atoms with E-state index in [1.807, 2.05) is 0 Å². The molecule has 2 aliphatic carbocycles. The number of nitrogens with two attached hydrogens (primary N) is 1. The molecular weight excluding hydrogens is 305 g/mol. The fourth-order valence-electron chi connectivity index (χ4n) is 3.30. The Labute approximate surface area is 129 Å². The number of alkyl halides is 3. The lowest BCUT2D eigenvalue weighted by atomic mass is 9.80. The summed E-state index contributed by atoms with van der Waals surface area (Å²) in [5.41, 5.74) is 5.32. The first kappa shape index (κ1) is 18.6. The van der Waals surface area contributed by atoms with Crippen LogP contribution in [0.3, 0.4) is 0 Å². The average molecular weight is 329 g/mol. The van der Waals surface area contributed by atoms with Crippen molar-refractivity contribution in [3.8, 4) is 0 Å². The number of hydrogen-bond acceptors (Lipinski definition) is 2. The molecule has 1 amide bonds. The standard InChI is InChI=1S/C14H23F3N2O.ClH/c15-14(16,17)10-4-6-11(7-5-10)19-12(20)13(18)8-2-1-3-9-13;/h10-11H,1-9,18H2,(H,19,20);1H. The van der Waals surface area contributed by atoms with Crippen molar-refractivity contribution < 1.29 is 18.0 Å². The Bertz CT molecular complexity index is 349. The van der Waals surface area contributed by atoms with E-state index in [9.17, 15) is 18.0 Å². The molecule has 0 aromatic heterocycles. The van der Waals surface area contributed by atoms with Crippen molar-refractivity contribution in [1.29, 1.82) is 0 Å². The molecule has 0 saturated heterocycles. The van der Waals surface area contributed by atoms with Gasteiger partial charge in [-0.2, -0.15) is 13.2 Å². The second kappa shape index (κ2) is 7.18. The summed E-state index contributed by atoms with van der Waals surface area (Å²) in [7, 11) is 0. The van der Waals surface area contributed by atoms with Gasteiger partial charge in [0.05, 0.1) is 11.5 Å². The van der Waals surface area contributed by atoms with Crippen LogP contribution in [0.1, 0.15) is 57.8 Å². The van der Waals surface area contributed by atoms with Crippen LogP contribution in [-0.2, 0) is 4.79 Å². The van der Waals surface area contributed by atoms with E-state index in [0.29, 0.717) is 25.7 Å². The van der Waals surface area contributed by atoms with Gasteiger partial charge in [0.25, 0.3) is 0 Å². The number of carbonyl (C=O) groups excluding carboxylic acids is 1. The first-order chi connectivity index (χ1) is 9.31. The Morgan fingerprint density at radius 3 is 2.05 bits per heavy atom. The van der Waals surface area contributed by atoms with Crippen molar-refractivity contribution in [2.45, 2.75) is 75.5 Å². The highest BCUT2D eigenvalue weighted by Gasteiger charge is 2.42. The highest BCUT2D eigenvalue weighted by molar-refractivity contribution is 5.86. The lowest BCUT2D eigenvalue weighted by Crippen LogP contribution is -2.57. The second-order valence-corrected chi connectivity index (χ2v) is 6.28. The van der Waals surface area contributed by atoms with E-state index in [1.165, 1.54) is 0 Å². The van der Waals surface area contributed by atoms with Crippen molar-refractivity contribution in [3.05, 3.63) is 0 Å². The average Bonchev–Trinajstić information content (AvgIpc) is 2.39. The molecule has 0 spiro atoms. The van der Waals surface area contributed by atoms with Gasteiger partial charge in [-0.15, -0.1) is 12.4 Å². The number of halogens is 4. The summed E-state index contributed by atoms with van der Waals surface area (Å²) in [5.74, 6) is -1.38. The maximum atomic E-state index is 12.6. The molecule has 0 unspecified atom stereocenters. The molecule has 2 rings (SSSR count). The number of hydrogen-bond donors (Lipinski definition) is 2. The molecule has 0 aromatic carbocycles. The summed E-state index contributed by atoms with van der Waals surface area (Å²) in [4.78, 5) is 12.2. The minimum Gasteiger partial charge on any atom is -0.352 e. The summed E-state index contributed by atoms with van der Waals surface area (Å²) >= 11 is 0. The van der Waals surface area contributed by atoms with Crippen LogP contribution in [-0.4, -0.2) is 23.7 Å². The minimum atomic E-state index is -4.10. The fourth-order valence-corrected chi connectivity index (χ4v) is 3.30. The van der Waals surface area contributed by atoms with Gasteiger partial charge in [0, 0.05) is 6.04 Å². The minimum absolute atomic E-state index is 0. The van der Waals surface area contributed by atoms with Crippen LogP contribution in [0.4, 0.5) is 13.2 Å². The van der Waals surface area contributed by atoms with Gasteiger partial charge >= 0.3 is 6.18 Å². The normalized spacial score (nSPS) is 29.3. The van der Waals surface area contributed by atoms with Crippen molar-refractivity contribution in [1.82, 2.24) is 5.32 Å². The predicted octanol–water partition coefficient (Wildman–Crippen LogP) is 3.31. The van der Waals surface area contributed by atoms with Gasteiger partial charge in [0.1, 0.15) is 0 Å². The summed E-state index contributed by atoms with van der Waals surface area (Å²) in [6.07, 6.45) is 1.25. The maximum Gasteiger partial charge on any atom is 0.391 e. The number of amides is 1. The molecule has 2 fully saturated rings. The number of rotatable bonds is 2. The molecule has 0 aliphatic heterocycles. The molecular formula is C14H24ClF3N2O. The quantitative estimate of drug-likeness (QED) is 0.817. The smallest absolute Gasteiger partial charge is 0.352 e. The second-order valence-electron chi connectivity index (χ2n) is 6.28. The van der Waals surface area contributed by atoms with Crippen molar-refractivity contribution in [2.24, 2.45) is 11.7 Å². The van der Waals surface area contributed by atoms with E-state index in [1.54, 1.807) is 0 Å². The molecule has 2 aliphatic rings. The summed E-state index contributed by atoms with van der Waals surface area (Å²) in [5, 5.41) is 2.87. The van der Waals surface area contributed by atoms with Gasteiger partial charge in [-0.25, -0.2) is 0 Å². The van der Waals surface area contributed by atoms with E-state index in [2.05, 4.69) is 5.32 Å². The zero-order valence-electron chi connectivity index (χ0n) is 12.0. The molecule has 0 atom stereocenters. The van der Waals surface area contributed by atoms with Crippen LogP contribution in [0.15, 0.2) is 0 Å². The Hall–Kier alpha value is -0.490. The molecule has 124 valence electrons. The highest BCUT2D eigenvalue weighted by Crippen LogP contribution is 2.37. The monoisotopic (exact) mass is 328 g/mol. The first-order valence-electron chi connectivity index (χ1n) is 7.48. The first-order valence-corrected chi connectivity index (χ1v) is 7.48. The van der Waals surface area contributed by atoms with Crippen LogP contribution in [0, 0.1) is 5.92 Å². The van der Waals surface area contributed by atoms with E-state index < -0.39 is 17.6 Å². The molecule has 21 heavy (non-hydrogen) atoms. The fraction of sp³-hybridized carbons (Fsp3) is 0.929. The number of nitrogens with one attached hydrogen (secondary N) is 1. The maximum absolute atomic E-state index is 12.6. The predicted molar refractivity (Wildman–Crippen MR) is 77.2 cm³/mol. The molecule has 0 heterocycles. The third-order valence-corrected chi connectivity index (χ3v) is 4.72. The van der Waals surface area contributed by atoms with Crippen LogP contribution < -0.4 is 11.1 Å².